The molecular weight excluding hydrogens is 269 g/mol. The van der Waals surface area contributed by atoms with Gasteiger partial charge in [-0.2, -0.15) is 0 Å². The van der Waals surface area contributed by atoms with Crippen molar-refractivity contribution >= 4 is 11.6 Å². The molecule has 0 saturated heterocycles. The molecule has 9 heteroatoms. The van der Waals surface area contributed by atoms with Gasteiger partial charge in [-0.1, -0.05) is 0 Å². The summed E-state index contributed by atoms with van der Waals surface area (Å²) in [6, 6.07) is 2.90. The normalized spacial score (nSPS) is 14.8. The lowest BCUT2D eigenvalue weighted by atomic mass is 10.0. The fourth-order valence-electron chi connectivity index (χ4n) is 1.34. The van der Waals surface area contributed by atoms with Gasteiger partial charge in [-0.05, 0) is 18.2 Å². The Labute approximate surface area is 105 Å². The zero-order chi connectivity index (χ0) is 14.8. The molecule has 0 aliphatic carbocycles. The van der Waals surface area contributed by atoms with Gasteiger partial charge in [0.15, 0.2) is 6.10 Å². The molecule has 1 rings (SSSR count). The zero-order valence-electron chi connectivity index (χ0n) is 9.39. The molecule has 1 aromatic carbocycles. The number of anilines is 1. The Morgan fingerprint density at radius 3 is 2.37 bits per heavy atom. The van der Waals surface area contributed by atoms with Crippen LogP contribution in [-0.2, 0) is 4.79 Å². The molecular formula is C10H11F3N2O4. The van der Waals surface area contributed by atoms with Crippen molar-refractivity contribution in [2.75, 3.05) is 5.73 Å². The van der Waals surface area contributed by atoms with E-state index < -0.39 is 35.8 Å². The van der Waals surface area contributed by atoms with Crippen molar-refractivity contribution in [3.8, 4) is 5.75 Å². The monoisotopic (exact) mass is 280 g/mol. The number of primary amides is 1. The van der Waals surface area contributed by atoms with Crippen LogP contribution in [0.5, 0.6) is 5.75 Å². The number of benzene rings is 1. The van der Waals surface area contributed by atoms with Gasteiger partial charge in [0, 0.05) is 11.3 Å². The third-order valence-corrected chi connectivity index (χ3v) is 2.17. The van der Waals surface area contributed by atoms with Crippen molar-refractivity contribution < 1.29 is 32.9 Å². The third kappa shape index (κ3) is 4.00. The van der Waals surface area contributed by atoms with Gasteiger partial charge in [0.1, 0.15) is 11.9 Å². The number of aliphatic hydroxyl groups excluding tert-OH is 2. The van der Waals surface area contributed by atoms with Gasteiger partial charge >= 0.3 is 6.36 Å². The number of hydrogen-bond donors (Lipinski definition) is 4. The number of rotatable bonds is 4. The number of alkyl halides is 3. The Bertz CT molecular complexity index is 478. The van der Waals surface area contributed by atoms with Crippen LogP contribution in [0.2, 0.25) is 0 Å². The summed E-state index contributed by atoms with van der Waals surface area (Å²) in [4.78, 5) is 10.7. The van der Waals surface area contributed by atoms with Crippen molar-refractivity contribution in [3.05, 3.63) is 23.8 Å². The van der Waals surface area contributed by atoms with Crippen LogP contribution in [0.3, 0.4) is 0 Å². The van der Waals surface area contributed by atoms with E-state index in [9.17, 15) is 28.2 Å². The minimum atomic E-state index is -5.00. The maximum atomic E-state index is 12.2. The third-order valence-electron chi connectivity index (χ3n) is 2.17. The Balaban J connectivity index is 3.17. The lowest BCUT2D eigenvalue weighted by molar-refractivity contribution is -0.275. The van der Waals surface area contributed by atoms with Crippen LogP contribution in [0.1, 0.15) is 11.7 Å². The van der Waals surface area contributed by atoms with E-state index >= 15 is 0 Å². The van der Waals surface area contributed by atoms with E-state index in [0.29, 0.717) is 0 Å². The van der Waals surface area contributed by atoms with E-state index in [1.165, 1.54) is 0 Å². The topological polar surface area (TPSA) is 119 Å². The van der Waals surface area contributed by atoms with Crippen LogP contribution in [0, 0.1) is 0 Å². The Hall–Kier alpha value is -2.00. The fourth-order valence-corrected chi connectivity index (χ4v) is 1.34. The molecule has 0 aliphatic heterocycles. The first-order valence-electron chi connectivity index (χ1n) is 4.92. The van der Waals surface area contributed by atoms with E-state index in [2.05, 4.69) is 4.74 Å². The lowest BCUT2D eigenvalue weighted by Crippen LogP contribution is -2.34. The number of amides is 1. The minimum absolute atomic E-state index is 0.0141. The maximum absolute atomic E-state index is 12.2. The van der Waals surface area contributed by atoms with Crippen LogP contribution in [0.15, 0.2) is 18.2 Å². The van der Waals surface area contributed by atoms with Crippen molar-refractivity contribution in [2.24, 2.45) is 5.73 Å². The van der Waals surface area contributed by atoms with Gasteiger partial charge in [-0.3, -0.25) is 4.79 Å². The number of nitrogen functional groups attached to an aromatic ring is 1. The van der Waals surface area contributed by atoms with Gasteiger partial charge in [0.25, 0.3) is 0 Å². The highest BCUT2D eigenvalue weighted by Gasteiger charge is 2.34. The number of aliphatic hydroxyl groups is 2. The van der Waals surface area contributed by atoms with E-state index in [0.717, 1.165) is 18.2 Å². The predicted molar refractivity (Wildman–Crippen MR) is 57.7 cm³/mol. The number of carbonyl (C=O) groups excluding carboxylic acids is 1. The highest BCUT2D eigenvalue weighted by Crippen LogP contribution is 2.33. The molecule has 1 aromatic rings. The quantitative estimate of drug-likeness (QED) is 0.581. The SMILES string of the molecule is NC(=O)C(O)C(O)c1cc(N)ccc1OC(F)(F)F. The second-order valence-corrected chi connectivity index (χ2v) is 3.64. The molecule has 6 nitrogen and oxygen atoms in total. The summed E-state index contributed by atoms with van der Waals surface area (Å²) in [5.74, 6) is -2.08. The van der Waals surface area contributed by atoms with Gasteiger partial charge in [-0.15, -0.1) is 13.2 Å². The van der Waals surface area contributed by atoms with Crippen molar-refractivity contribution in [1.29, 1.82) is 0 Å². The van der Waals surface area contributed by atoms with Crippen LogP contribution < -0.4 is 16.2 Å². The molecule has 2 atom stereocenters. The van der Waals surface area contributed by atoms with Crippen molar-refractivity contribution in [2.45, 2.75) is 18.6 Å². The van der Waals surface area contributed by atoms with Crippen LogP contribution in [-0.4, -0.2) is 28.6 Å². The van der Waals surface area contributed by atoms with E-state index in [-0.39, 0.29) is 5.69 Å². The van der Waals surface area contributed by atoms with Crippen LogP contribution in [0.4, 0.5) is 18.9 Å². The maximum Gasteiger partial charge on any atom is 0.573 e. The van der Waals surface area contributed by atoms with Crippen molar-refractivity contribution in [3.63, 3.8) is 0 Å². The highest BCUT2D eigenvalue weighted by atomic mass is 19.4. The first kappa shape index (κ1) is 15.1. The van der Waals surface area contributed by atoms with E-state index in [1.54, 1.807) is 0 Å². The molecule has 19 heavy (non-hydrogen) atoms. The average Bonchev–Trinajstić information content (AvgIpc) is 2.27. The van der Waals surface area contributed by atoms with Crippen LogP contribution in [0.25, 0.3) is 0 Å². The molecule has 2 unspecified atom stereocenters. The summed E-state index contributed by atoms with van der Waals surface area (Å²) in [6.45, 7) is 0. The molecule has 106 valence electrons. The van der Waals surface area contributed by atoms with Gasteiger partial charge in [0.2, 0.25) is 5.91 Å². The Kier molecular flexibility index (Phi) is 4.22. The molecule has 0 aromatic heterocycles. The number of nitrogens with two attached hydrogens (primary N) is 2. The smallest absolute Gasteiger partial charge is 0.405 e. The number of halogens is 3. The first-order chi connectivity index (χ1) is 8.61. The minimum Gasteiger partial charge on any atom is -0.405 e. The second-order valence-electron chi connectivity index (χ2n) is 3.64. The fraction of sp³-hybridized carbons (Fsp3) is 0.300. The van der Waals surface area contributed by atoms with Gasteiger partial charge < -0.3 is 26.4 Å². The molecule has 6 N–H and O–H groups in total. The van der Waals surface area contributed by atoms with E-state index in [4.69, 9.17) is 11.5 Å². The molecule has 0 spiro atoms. The molecule has 1 amide bonds. The molecule has 0 heterocycles. The molecule has 0 aliphatic rings. The second kappa shape index (κ2) is 5.33. The summed E-state index contributed by atoms with van der Waals surface area (Å²) in [6.07, 6.45) is -9.07. The summed E-state index contributed by atoms with van der Waals surface area (Å²) in [5.41, 5.74) is 9.62. The predicted octanol–water partition coefficient (Wildman–Crippen LogP) is 0.0470. The summed E-state index contributed by atoms with van der Waals surface area (Å²) >= 11 is 0. The number of carbonyl (C=O) groups is 1. The molecule has 0 bridgehead atoms. The number of ether oxygens (including phenoxy) is 1. The van der Waals surface area contributed by atoms with E-state index in [1.807, 2.05) is 0 Å². The Morgan fingerprint density at radius 2 is 1.89 bits per heavy atom. The average molecular weight is 280 g/mol. The molecule has 0 fully saturated rings. The largest absolute Gasteiger partial charge is 0.573 e. The standard InChI is InChI=1S/C10H11F3N2O4/c11-10(12,13)19-6-2-1-4(14)3-5(6)7(16)8(17)9(15)18/h1-3,7-8,16-17H,14H2,(H2,15,18). The van der Waals surface area contributed by atoms with Crippen LogP contribution >= 0.6 is 0 Å². The molecule has 0 saturated carbocycles. The summed E-state index contributed by atoms with van der Waals surface area (Å²) < 4.78 is 40.1. The zero-order valence-corrected chi connectivity index (χ0v) is 9.39. The molecule has 0 radical (unpaired) electrons. The Morgan fingerprint density at radius 1 is 1.32 bits per heavy atom. The summed E-state index contributed by atoms with van der Waals surface area (Å²) in [5, 5.41) is 18.9. The van der Waals surface area contributed by atoms with Gasteiger partial charge in [-0.25, -0.2) is 0 Å². The van der Waals surface area contributed by atoms with Gasteiger partial charge in [0.05, 0.1) is 0 Å². The highest BCUT2D eigenvalue weighted by molar-refractivity contribution is 5.79. The van der Waals surface area contributed by atoms with Crippen molar-refractivity contribution in [1.82, 2.24) is 0 Å². The first-order valence-corrected chi connectivity index (χ1v) is 4.92. The summed E-state index contributed by atoms with van der Waals surface area (Å²) in [7, 11) is 0. The lowest BCUT2D eigenvalue weighted by Gasteiger charge is -2.20. The number of hydrogen-bond acceptors (Lipinski definition) is 5.